The van der Waals surface area contributed by atoms with Crippen LogP contribution in [0.1, 0.15) is 6.42 Å². The van der Waals surface area contributed by atoms with E-state index in [1.165, 1.54) is 6.42 Å². The Balaban J connectivity index is 1.81. The van der Waals surface area contributed by atoms with Crippen molar-refractivity contribution in [1.82, 2.24) is 5.32 Å². The lowest BCUT2D eigenvalue weighted by molar-refractivity contribution is 0.728. The molecule has 40 valence electrons. The molecule has 1 aliphatic heterocycles. The first-order chi connectivity index (χ1) is 3.43. The largest absolute Gasteiger partial charge is 0.320 e. The molecule has 1 heterocycles. The van der Waals surface area contributed by atoms with Crippen LogP contribution < -0.4 is 5.32 Å². The lowest BCUT2D eigenvalue weighted by Gasteiger charge is -1.91. The molecule has 2 nitrogen and oxygen atoms in total. The minimum atomic E-state index is 0.590. The van der Waals surface area contributed by atoms with Gasteiger partial charge in [-0.05, 0) is 20.0 Å². The van der Waals surface area contributed by atoms with Crippen LogP contribution in [-0.4, -0.2) is 25.8 Å². The summed E-state index contributed by atoms with van der Waals surface area (Å²) in [4.78, 5) is 3.97. The Morgan fingerprint density at radius 1 is 1.86 bits per heavy atom. The molecule has 0 saturated carbocycles. The van der Waals surface area contributed by atoms with Gasteiger partial charge in [-0.2, -0.15) is 0 Å². The fourth-order valence-electron chi connectivity index (χ4n) is 0.502. The molecule has 1 aliphatic rings. The van der Waals surface area contributed by atoms with E-state index in [1.54, 1.807) is 0 Å². The van der Waals surface area contributed by atoms with Crippen molar-refractivity contribution in [2.75, 3.05) is 13.6 Å². The van der Waals surface area contributed by atoms with Crippen molar-refractivity contribution in [3.05, 3.63) is 0 Å². The molecular formula is C5H10N2. The Bertz CT molecular complexity index is 72.1. The maximum Gasteiger partial charge on any atom is 0.0855 e. The van der Waals surface area contributed by atoms with E-state index >= 15 is 0 Å². The predicted octanol–water partition coefficient (Wildman–Crippen LogP) is 0.0489. The lowest BCUT2D eigenvalue weighted by atomic mass is 10.3. The lowest BCUT2D eigenvalue weighted by Crippen LogP contribution is -2.10. The molecule has 7 heavy (non-hydrogen) atoms. The van der Waals surface area contributed by atoms with Gasteiger partial charge in [0.1, 0.15) is 0 Å². The van der Waals surface area contributed by atoms with Crippen LogP contribution in [0.25, 0.3) is 0 Å². The van der Waals surface area contributed by atoms with Crippen LogP contribution >= 0.6 is 0 Å². The Kier molecular flexibility index (Phi) is 1.42. The number of aliphatic imine (C=N–C) groups is 1. The second-order valence-electron chi connectivity index (χ2n) is 1.76. The number of nitrogens with one attached hydrogen (secondary N) is 1. The Morgan fingerprint density at radius 2 is 2.57 bits per heavy atom. The highest BCUT2D eigenvalue weighted by molar-refractivity contribution is 5.77. The van der Waals surface area contributed by atoms with Gasteiger partial charge in [-0.15, -0.1) is 0 Å². The first-order valence-electron chi connectivity index (χ1n) is 2.61. The molecule has 1 unspecified atom stereocenters. The number of rotatable bonds is 3. The second kappa shape index (κ2) is 2.07. The van der Waals surface area contributed by atoms with Crippen molar-refractivity contribution >= 4 is 6.21 Å². The quantitative estimate of drug-likeness (QED) is 0.530. The minimum Gasteiger partial charge on any atom is -0.320 e. The molecule has 1 rings (SSSR count). The van der Waals surface area contributed by atoms with Gasteiger partial charge >= 0.3 is 0 Å². The van der Waals surface area contributed by atoms with Gasteiger partial charge in [0.15, 0.2) is 0 Å². The van der Waals surface area contributed by atoms with Crippen LogP contribution in [0.4, 0.5) is 0 Å². The molecule has 0 aromatic rings. The fourth-order valence-corrected chi connectivity index (χ4v) is 0.502. The first-order valence-corrected chi connectivity index (χ1v) is 2.61. The van der Waals surface area contributed by atoms with Crippen LogP contribution in [0.5, 0.6) is 0 Å². The molecule has 2 heteroatoms. The third-order valence-electron chi connectivity index (χ3n) is 1.05. The molecule has 0 spiro atoms. The molecule has 1 atom stereocenters. The summed E-state index contributed by atoms with van der Waals surface area (Å²) >= 11 is 0. The van der Waals surface area contributed by atoms with Crippen LogP contribution in [0.15, 0.2) is 4.99 Å². The third kappa shape index (κ3) is 1.69. The monoisotopic (exact) mass is 98.1 g/mol. The number of hydrogen-bond acceptors (Lipinski definition) is 2. The van der Waals surface area contributed by atoms with Gasteiger partial charge in [-0.3, -0.25) is 4.99 Å². The van der Waals surface area contributed by atoms with Gasteiger partial charge in [-0.1, -0.05) is 0 Å². The van der Waals surface area contributed by atoms with E-state index in [4.69, 9.17) is 0 Å². The van der Waals surface area contributed by atoms with Crippen molar-refractivity contribution in [1.29, 1.82) is 0 Å². The van der Waals surface area contributed by atoms with E-state index in [0.717, 1.165) is 6.54 Å². The average Bonchev–Trinajstić information content (AvgIpc) is 2.42. The van der Waals surface area contributed by atoms with Gasteiger partial charge in [0, 0.05) is 6.21 Å². The second-order valence-corrected chi connectivity index (χ2v) is 1.76. The summed E-state index contributed by atoms with van der Waals surface area (Å²) in [6, 6.07) is 0.590. The molecule has 0 fully saturated rings. The van der Waals surface area contributed by atoms with E-state index in [9.17, 15) is 0 Å². The third-order valence-corrected chi connectivity index (χ3v) is 1.05. The van der Waals surface area contributed by atoms with Crippen molar-refractivity contribution < 1.29 is 0 Å². The summed E-state index contributed by atoms with van der Waals surface area (Å²) in [7, 11) is 1.96. The van der Waals surface area contributed by atoms with Crippen LogP contribution in [0.2, 0.25) is 0 Å². The van der Waals surface area contributed by atoms with Gasteiger partial charge < -0.3 is 5.32 Å². The van der Waals surface area contributed by atoms with E-state index in [0.29, 0.717) is 6.04 Å². The van der Waals surface area contributed by atoms with Crippen molar-refractivity contribution in [2.24, 2.45) is 4.99 Å². The summed E-state index contributed by atoms with van der Waals surface area (Å²) in [6.45, 7) is 1.09. The van der Waals surface area contributed by atoms with Gasteiger partial charge in [0.25, 0.3) is 0 Å². The van der Waals surface area contributed by atoms with E-state index in [-0.39, 0.29) is 0 Å². The first kappa shape index (κ1) is 4.78. The summed E-state index contributed by atoms with van der Waals surface area (Å²) < 4.78 is 0. The molecule has 0 aromatic carbocycles. The standard InChI is InChI=1S/C5H10N2/c1-6-3-2-5-4-7-5/h4-6H,2-3H2,1H3. The molecular weight excluding hydrogens is 88.1 g/mol. The summed E-state index contributed by atoms with van der Waals surface area (Å²) in [5.74, 6) is 0. The summed E-state index contributed by atoms with van der Waals surface area (Å²) in [6.07, 6.45) is 3.16. The zero-order valence-electron chi connectivity index (χ0n) is 4.52. The highest BCUT2D eigenvalue weighted by Crippen LogP contribution is 2.03. The molecule has 0 radical (unpaired) electrons. The van der Waals surface area contributed by atoms with Crippen molar-refractivity contribution in [3.8, 4) is 0 Å². The molecule has 0 aromatic heterocycles. The molecule has 0 saturated heterocycles. The zero-order valence-corrected chi connectivity index (χ0v) is 4.52. The Labute approximate surface area is 43.6 Å². The van der Waals surface area contributed by atoms with Gasteiger partial charge in [0.05, 0.1) is 6.04 Å². The number of nitrogens with zero attached hydrogens (tertiary/aromatic N) is 1. The maximum atomic E-state index is 3.97. The zero-order chi connectivity index (χ0) is 5.11. The Morgan fingerprint density at radius 3 is 3.00 bits per heavy atom. The molecule has 0 amide bonds. The smallest absolute Gasteiger partial charge is 0.0855 e. The minimum absolute atomic E-state index is 0.590. The summed E-state index contributed by atoms with van der Waals surface area (Å²) in [5, 5.41) is 3.06. The molecule has 1 N–H and O–H groups in total. The van der Waals surface area contributed by atoms with Crippen molar-refractivity contribution in [3.63, 3.8) is 0 Å². The average molecular weight is 98.1 g/mol. The van der Waals surface area contributed by atoms with E-state index < -0.39 is 0 Å². The van der Waals surface area contributed by atoms with E-state index in [2.05, 4.69) is 10.3 Å². The summed E-state index contributed by atoms with van der Waals surface area (Å²) in [5.41, 5.74) is 0. The highest BCUT2D eigenvalue weighted by atomic mass is 14.9. The van der Waals surface area contributed by atoms with Crippen LogP contribution in [0, 0.1) is 0 Å². The van der Waals surface area contributed by atoms with Gasteiger partial charge in [0.2, 0.25) is 0 Å². The van der Waals surface area contributed by atoms with Crippen LogP contribution in [-0.2, 0) is 0 Å². The predicted molar refractivity (Wildman–Crippen MR) is 30.8 cm³/mol. The molecule has 0 aliphatic carbocycles. The molecule has 0 bridgehead atoms. The fraction of sp³-hybridized carbons (Fsp3) is 0.800. The van der Waals surface area contributed by atoms with Gasteiger partial charge in [-0.25, -0.2) is 0 Å². The highest BCUT2D eigenvalue weighted by Gasteiger charge is 2.09. The normalized spacial score (nSPS) is 25.6. The topological polar surface area (TPSA) is 24.4 Å². The SMILES string of the molecule is CNCCC1C=N1. The number of hydrogen-bond donors (Lipinski definition) is 1. The van der Waals surface area contributed by atoms with E-state index in [1.807, 2.05) is 13.3 Å². The Hall–Kier alpha value is -0.370. The maximum absolute atomic E-state index is 3.97. The van der Waals surface area contributed by atoms with Crippen LogP contribution in [0.3, 0.4) is 0 Å². The van der Waals surface area contributed by atoms with Crippen molar-refractivity contribution in [2.45, 2.75) is 12.5 Å².